The van der Waals surface area contributed by atoms with Crippen LogP contribution in [0.15, 0.2) is 72.8 Å². The van der Waals surface area contributed by atoms with Crippen molar-refractivity contribution in [2.24, 2.45) is 23.7 Å². The van der Waals surface area contributed by atoms with Crippen molar-refractivity contribution in [1.82, 2.24) is 10.6 Å². The second-order valence-electron chi connectivity index (χ2n) is 22.6. The Labute approximate surface area is 493 Å². The lowest BCUT2D eigenvalue weighted by molar-refractivity contribution is -0.884. The first-order valence-electron chi connectivity index (χ1n) is 28.3. The number of quaternary nitrogens is 2. The summed E-state index contributed by atoms with van der Waals surface area (Å²) in [6.45, 7) is 14.7. The van der Waals surface area contributed by atoms with Crippen molar-refractivity contribution < 1.29 is 82.3 Å². The summed E-state index contributed by atoms with van der Waals surface area (Å²) in [6.07, 6.45) is 9.92. The van der Waals surface area contributed by atoms with Gasteiger partial charge in [0.2, 0.25) is 25.4 Å². The van der Waals surface area contributed by atoms with Crippen LogP contribution in [0.1, 0.15) is 138 Å². The van der Waals surface area contributed by atoms with E-state index in [9.17, 15) is 28.8 Å². The van der Waals surface area contributed by atoms with Gasteiger partial charge in [0.15, 0.2) is 0 Å². The molecule has 0 spiro atoms. The minimum absolute atomic E-state index is 0. The monoisotopic (exact) mass is 1180 g/mol. The molecule has 20 heteroatoms. The number of anilines is 2. The maximum Gasteiger partial charge on any atom is 0.410 e. The number of nitrogens with one attached hydrogen (secondary N) is 4. The number of likely N-dealkylation sites (tertiary alicyclic amines) is 2. The van der Waals surface area contributed by atoms with Crippen LogP contribution in [0.3, 0.4) is 0 Å². The lowest BCUT2D eigenvalue weighted by Crippen LogP contribution is -3.10. The summed E-state index contributed by atoms with van der Waals surface area (Å²) in [4.78, 5) is 88.3. The molecule has 2 saturated carbocycles. The molecule has 0 radical (unpaired) electrons. The van der Waals surface area contributed by atoms with E-state index < -0.39 is 37.7 Å². The quantitative estimate of drug-likeness (QED) is 0.0964. The second-order valence-corrected chi connectivity index (χ2v) is 24.8. The van der Waals surface area contributed by atoms with Gasteiger partial charge in [-0.15, -0.1) is 22.7 Å². The van der Waals surface area contributed by atoms with E-state index in [1.807, 2.05) is 110 Å². The van der Waals surface area contributed by atoms with Crippen LogP contribution in [-0.4, -0.2) is 114 Å². The van der Waals surface area contributed by atoms with Crippen LogP contribution in [0.2, 0.25) is 0 Å². The Balaban J connectivity index is 0.000000287. The molecule has 16 nitrogen and oxygen atoms in total. The smallest absolute Gasteiger partial charge is 0.410 e. The van der Waals surface area contributed by atoms with E-state index in [2.05, 4.69) is 38.6 Å². The first-order chi connectivity index (χ1) is 37.4. The van der Waals surface area contributed by atoms with E-state index in [0.29, 0.717) is 33.0 Å². The lowest BCUT2D eigenvalue weighted by atomic mass is 9.82. The van der Waals surface area contributed by atoms with Crippen LogP contribution in [0.4, 0.5) is 21.0 Å². The molecular formula is C60H84Cl2N6O10S2. The maximum atomic E-state index is 14.2. The molecule has 2 saturated heterocycles. The first kappa shape index (κ1) is 65.6. The average Bonchev–Trinajstić information content (AvgIpc) is 4.10. The highest BCUT2D eigenvalue weighted by molar-refractivity contribution is 7.18. The van der Waals surface area contributed by atoms with E-state index in [4.69, 9.17) is 18.9 Å². The van der Waals surface area contributed by atoms with Gasteiger partial charge < -0.3 is 74.0 Å². The van der Waals surface area contributed by atoms with Crippen LogP contribution in [0.25, 0.3) is 20.9 Å². The van der Waals surface area contributed by atoms with E-state index in [-0.39, 0.29) is 72.6 Å². The first-order valence-corrected chi connectivity index (χ1v) is 30.0. The normalized spacial score (nSPS) is 22.6. The molecule has 0 atom stereocenters. The van der Waals surface area contributed by atoms with Crippen LogP contribution in [-0.2, 0) is 28.5 Å². The molecule has 4 fully saturated rings. The third-order valence-corrected chi connectivity index (χ3v) is 17.9. The number of piperidine rings is 2. The van der Waals surface area contributed by atoms with Crippen molar-refractivity contribution in [3.63, 3.8) is 0 Å². The van der Waals surface area contributed by atoms with Gasteiger partial charge in [-0.3, -0.25) is 9.59 Å². The number of nitrogens with zero attached hydrogens (tertiary/aromatic N) is 2. The van der Waals surface area contributed by atoms with Gasteiger partial charge in [0, 0.05) is 71.4 Å². The zero-order valence-electron chi connectivity index (χ0n) is 47.8. The van der Waals surface area contributed by atoms with E-state index in [1.54, 1.807) is 0 Å². The Morgan fingerprint density at radius 3 is 1.15 bits per heavy atom. The number of benzene rings is 2. The number of rotatable bonds is 16. The van der Waals surface area contributed by atoms with Gasteiger partial charge in [-0.05, 0) is 114 Å². The second kappa shape index (κ2) is 31.8. The van der Waals surface area contributed by atoms with Gasteiger partial charge in [0.05, 0.1) is 51.6 Å². The molecule has 2 aliphatic carbocycles. The molecule has 8 rings (SSSR count). The molecule has 80 heavy (non-hydrogen) atoms. The van der Waals surface area contributed by atoms with Gasteiger partial charge in [0.1, 0.15) is 9.75 Å². The third-order valence-electron chi connectivity index (χ3n) is 15.6. The van der Waals surface area contributed by atoms with E-state index >= 15 is 0 Å². The standard InChI is InChI=1S/2C30H41N3O5S.2ClH/c2*1-20(2)31-30(36)38-19-37-29(35)27-25(18-26(39-27)22-8-6-5-7-9-22)33(24-14-16-32(4)17-15-24)28(34)23-12-10-21(3)11-13-23;;/h2*5-9,18,20-21,23-24H,10-17,19H2,1-4H3,(H,31,36);2*1H. The average molecular weight is 1180 g/mol. The summed E-state index contributed by atoms with van der Waals surface area (Å²) < 4.78 is 20.9. The molecule has 440 valence electrons. The number of hydrogen-bond donors (Lipinski definition) is 4. The largest absolute Gasteiger partial charge is 1.00 e. The van der Waals surface area contributed by atoms with Crippen molar-refractivity contribution in [1.29, 1.82) is 0 Å². The molecule has 4 heterocycles. The Morgan fingerprint density at radius 2 is 0.838 bits per heavy atom. The topological polar surface area (TPSA) is 179 Å². The zero-order chi connectivity index (χ0) is 55.9. The summed E-state index contributed by atoms with van der Waals surface area (Å²) in [5, 5.41) is 5.22. The third kappa shape index (κ3) is 18.4. The lowest BCUT2D eigenvalue weighted by Gasteiger charge is -2.38. The van der Waals surface area contributed by atoms with Crippen molar-refractivity contribution in [3.8, 4) is 20.9 Å². The summed E-state index contributed by atoms with van der Waals surface area (Å²) >= 11 is 2.64. The Kier molecular flexibility index (Phi) is 26.1. The van der Waals surface area contributed by atoms with Gasteiger partial charge in [-0.1, -0.05) is 74.5 Å². The fourth-order valence-electron chi connectivity index (χ4n) is 11.0. The predicted octanol–water partition coefficient (Wildman–Crippen LogP) is 3.01. The minimum Gasteiger partial charge on any atom is -1.00 e. The fraction of sp³-hybridized carbons (Fsp3) is 0.567. The van der Waals surface area contributed by atoms with Crippen molar-refractivity contribution in [2.45, 2.75) is 143 Å². The van der Waals surface area contributed by atoms with Crippen LogP contribution in [0, 0.1) is 23.7 Å². The number of carbonyl (C=O) groups is 6. The molecule has 4 aliphatic rings. The molecular weight excluding hydrogens is 1100 g/mol. The van der Waals surface area contributed by atoms with Crippen molar-refractivity contribution in [3.05, 3.63) is 82.6 Å². The van der Waals surface area contributed by atoms with Gasteiger partial charge >= 0.3 is 24.1 Å². The maximum absolute atomic E-state index is 14.2. The molecule has 2 aliphatic heterocycles. The molecule has 2 aromatic heterocycles. The predicted molar refractivity (Wildman–Crippen MR) is 306 cm³/mol. The number of hydrogen-bond acceptors (Lipinski definition) is 12. The van der Waals surface area contributed by atoms with Crippen LogP contribution in [0.5, 0.6) is 0 Å². The number of esters is 2. The number of thiophene rings is 2. The SMILES string of the molecule is CC1CCC(C(=O)N(c2cc(-c3ccccc3)sc2C(=O)OCOC(=O)NC(C)C)C2CC[NH+](C)CC2)CC1.CC1CCC(C(=O)N(c2cc(-c3ccccc3)sc2C(=O)OCOC(=O)NC(C)C)C2CC[NH+](C)CC2)CC1.[Cl-].[Cl-]. The molecule has 0 unspecified atom stereocenters. The highest BCUT2D eigenvalue weighted by atomic mass is 35.5. The molecule has 4 amide bonds. The Bertz CT molecular complexity index is 2430. The highest BCUT2D eigenvalue weighted by Gasteiger charge is 2.40. The van der Waals surface area contributed by atoms with E-state index in [0.717, 1.165) is 124 Å². The summed E-state index contributed by atoms with van der Waals surface area (Å²) in [5.74, 6) is 0.236. The van der Waals surface area contributed by atoms with Crippen LogP contribution >= 0.6 is 22.7 Å². The van der Waals surface area contributed by atoms with Gasteiger partial charge in [0.25, 0.3) is 0 Å². The fourth-order valence-corrected chi connectivity index (χ4v) is 13.1. The Morgan fingerprint density at radius 1 is 0.512 bits per heavy atom. The van der Waals surface area contributed by atoms with Crippen molar-refractivity contribution in [2.75, 3.05) is 63.7 Å². The molecule has 2 aromatic carbocycles. The van der Waals surface area contributed by atoms with E-state index in [1.165, 1.54) is 32.5 Å². The van der Waals surface area contributed by atoms with Crippen LogP contribution < -0.4 is 55.0 Å². The summed E-state index contributed by atoms with van der Waals surface area (Å²) in [7, 11) is 4.36. The Hall–Kier alpha value is -5.24. The summed E-state index contributed by atoms with van der Waals surface area (Å²) in [5.41, 5.74) is 3.18. The number of carbonyl (C=O) groups excluding carboxylic acids is 6. The molecule has 0 bridgehead atoms. The highest BCUT2D eigenvalue weighted by Crippen LogP contribution is 2.43. The molecule has 4 N–H and O–H groups in total. The number of ether oxygens (including phenoxy) is 4. The number of halogens is 2. The zero-order valence-corrected chi connectivity index (χ0v) is 51.0. The summed E-state index contributed by atoms with van der Waals surface area (Å²) in [6, 6.07) is 23.5. The van der Waals surface area contributed by atoms with Gasteiger partial charge in [-0.2, -0.15) is 0 Å². The van der Waals surface area contributed by atoms with Gasteiger partial charge in [-0.25, -0.2) is 19.2 Å². The van der Waals surface area contributed by atoms with Crippen molar-refractivity contribution >= 4 is 70.0 Å². The number of alkyl carbamates (subject to hydrolysis) is 2. The number of amides is 4. The minimum atomic E-state index is -0.647. The molecule has 4 aromatic rings.